The summed E-state index contributed by atoms with van der Waals surface area (Å²) in [5, 5.41) is 17.3. The van der Waals surface area contributed by atoms with E-state index in [2.05, 4.69) is 15.6 Å². The molecule has 150 valence electrons. The van der Waals surface area contributed by atoms with Crippen molar-refractivity contribution >= 4 is 44.8 Å². The fourth-order valence-corrected chi connectivity index (χ4v) is 3.59. The Morgan fingerprint density at radius 2 is 2.03 bits per heavy atom. The summed E-state index contributed by atoms with van der Waals surface area (Å²) in [6.45, 7) is -0.112. The minimum atomic E-state index is -0.808. The second kappa shape index (κ2) is 9.11. The summed E-state index contributed by atoms with van der Waals surface area (Å²) >= 11 is 1.56. The van der Waals surface area contributed by atoms with Crippen LogP contribution in [0.2, 0.25) is 0 Å². The van der Waals surface area contributed by atoms with Crippen LogP contribution in [0.4, 0.5) is 11.4 Å². The zero-order chi connectivity index (χ0) is 20.8. The van der Waals surface area contributed by atoms with Crippen molar-refractivity contribution in [2.75, 3.05) is 25.5 Å². The number of rotatable bonds is 8. The number of hydrogen-bond donors (Lipinski definition) is 2. The van der Waals surface area contributed by atoms with Crippen LogP contribution in [0.25, 0.3) is 10.2 Å². The number of aromatic nitrogens is 1. The first kappa shape index (κ1) is 20.2. The summed E-state index contributed by atoms with van der Waals surface area (Å²) in [6, 6.07) is 11.7. The van der Waals surface area contributed by atoms with Crippen molar-refractivity contribution < 1.29 is 19.2 Å². The predicted molar refractivity (Wildman–Crippen MR) is 109 cm³/mol. The molecular formula is C19H18N4O5S. The summed E-state index contributed by atoms with van der Waals surface area (Å²) in [6.07, 6.45) is 0.566. The molecule has 3 aromatic rings. The largest absolute Gasteiger partial charge is 0.452 e. The topological polar surface area (TPSA) is 123 Å². The molecule has 0 bridgehead atoms. The van der Waals surface area contributed by atoms with E-state index in [1.165, 1.54) is 12.1 Å². The number of fused-ring (bicyclic) bond motifs is 1. The van der Waals surface area contributed by atoms with Gasteiger partial charge < -0.3 is 15.4 Å². The number of amides is 1. The van der Waals surface area contributed by atoms with Crippen molar-refractivity contribution in [2.45, 2.75) is 6.42 Å². The van der Waals surface area contributed by atoms with E-state index in [-0.39, 0.29) is 16.9 Å². The smallest absolute Gasteiger partial charge is 0.338 e. The van der Waals surface area contributed by atoms with E-state index in [1.54, 1.807) is 18.4 Å². The summed E-state index contributed by atoms with van der Waals surface area (Å²) < 4.78 is 6.03. The van der Waals surface area contributed by atoms with Gasteiger partial charge in [-0.05, 0) is 24.3 Å². The maximum Gasteiger partial charge on any atom is 0.338 e. The van der Waals surface area contributed by atoms with Crippen LogP contribution in [0.15, 0.2) is 42.5 Å². The molecule has 0 unspecified atom stereocenters. The van der Waals surface area contributed by atoms with Gasteiger partial charge in [-0.15, -0.1) is 11.3 Å². The van der Waals surface area contributed by atoms with Gasteiger partial charge in [-0.1, -0.05) is 12.1 Å². The molecule has 1 aromatic heterocycles. The van der Waals surface area contributed by atoms with Gasteiger partial charge in [0.1, 0.15) is 5.69 Å². The Morgan fingerprint density at radius 1 is 1.24 bits per heavy atom. The van der Waals surface area contributed by atoms with Crippen molar-refractivity contribution in [1.82, 2.24) is 10.3 Å². The van der Waals surface area contributed by atoms with Crippen LogP contribution >= 0.6 is 11.3 Å². The highest BCUT2D eigenvalue weighted by atomic mass is 32.1. The number of para-hydroxylation sites is 1. The molecule has 0 fully saturated rings. The normalized spacial score (nSPS) is 10.5. The molecule has 1 heterocycles. The molecule has 1 amide bonds. The monoisotopic (exact) mass is 414 g/mol. The van der Waals surface area contributed by atoms with Crippen molar-refractivity contribution in [1.29, 1.82) is 0 Å². The Balaban J connectivity index is 1.48. The molecular weight excluding hydrogens is 396 g/mol. The number of nitrogens with one attached hydrogen (secondary N) is 2. The molecule has 0 spiro atoms. The second-order valence-corrected chi connectivity index (χ2v) is 7.11. The third-order valence-corrected chi connectivity index (χ3v) is 5.13. The SMILES string of the molecule is CNc1ccc(C(=O)OCC(=O)NCCc2nc3ccccc3s2)cc1[N+](=O)[O-]. The van der Waals surface area contributed by atoms with Crippen molar-refractivity contribution in [3.05, 3.63) is 63.1 Å². The number of benzene rings is 2. The number of carbonyl (C=O) groups is 2. The molecule has 0 aliphatic carbocycles. The molecule has 10 heteroatoms. The van der Waals surface area contributed by atoms with Crippen molar-refractivity contribution in [3.63, 3.8) is 0 Å². The lowest BCUT2D eigenvalue weighted by molar-refractivity contribution is -0.384. The van der Waals surface area contributed by atoms with E-state index in [0.29, 0.717) is 13.0 Å². The van der Waals surface area contributed by atoms with Gasteiger partial charge in [-0.25, -0.2) is 9.78 Å². The Labute approximate surface area is 169 Å². The average molecular weight is 414 g/mol. The second-order valence-electron chi connectivity index (χ2n) is 5.99. The minimum Gasteiger partial charge on any atom is -0.452 e. The molecule has 9 nitrogen and oxygen atoms in total. The van der Waals surface area contributed by atoms with E-state index < -0.39 is 23.4 Å². The van der Waals surface area contributed by atoms with Gasteiger partial charge in [-0.2, -0.15) is 0 Å². The summed E-state index contributed by atoms with van der Waals surface area (Å²) in [7, 11) is 1.54. The lowest BCUT2D eigenvalue weighted by Gasteiger charge is -2.07. The van der Waals surface area contributed by atoms with Crippen LogP contribution < -0.4 is 10.6 Å². The lowest BCUT2D eigenvalue weighted by Crippen LogP contribution is -2.30. The summed E-state index contributed by atoms with van der Waals surface area (Å²) in [5.41, 5.74) is 0.950. The first-order valence-electron chi connectivity index (χ1n) is 8.72. The number of carbonyl (C=O) groups excluding carboxylic acids is 2. The maximum absolute atomic E-state index is 12.1. The van der Waals surface area contributed by atoms with Gasteiger partial charge in [0.15, 0.2) is 6.61 Å². The quantitative estimate of drug-likeness (QED) is 0.330. The molecule has 0 atom stereocenters. The fourth-order valence-electron chi connectivity index (χ4n) is 2.62. The molecule has 0 saturated carbocycles. The van der Waals surface area contributed by atoms with Gasteiger partial charge in [-0.3, -0.25) is 14.9 Å². The van der Waals surface area contributed by atoms with Gasteiger partial charge in [0.05, 0.1) is 25.7 Å². The number of ether oxygens (including phenoxy) is 1. The molecule has 2 aromatic carbocycles. The number of nitro benzene ring substituents is 1. The first-order chi connectivity index (χ1) is 14.0. The van der Waals surface area contributed by atoms with Crippen LogP contribution in [0.1, 0.15) is 15.4 Å². The number of esters is 1. The molecule has 2 N–H and O–H groups in total. The number of nitro groups is 1. The van der Waals surface area contributed by atoms with E-state index >= 15 is 0 Å². The van der Waals surface area contributed by atoms with E-state index in [9.17, 15) is 19.7 Å². The molecule has 29 heavy (non-hydrogen) atoms. The van der Waals surface area contributed by atoms with Crippen molar-refractivity contribution in [3.8, 4) is 0 Å². The summed E-state index contributed by atoms with van der Waals surface area (Å²) in [4.78, 5) is 38.9. The third-order valence-electron chi connectivity index (χ3n) is 4.03. The Bertz CT molecular complexity index is 1030. The number of hydrogen-bond acceptors (Lipinski definition) is 8. The first-order valence-corrected chi connectivity index (χ1v) is 9.54. The predicted octanol–water partition coefficient (Wildman–Crippen LogP) is 2.76. The molecule has 0 saturated heterocycles. The Kier molecular flexibility index (Phi) is 6.35. The Hall–Kier alpha value is -3.53. The Morgan fingerprint density at radius 3 is 2.76 bits per heavy atom. The van der Waals surface area contributed by atoms with Gasteiger partial charge in [0.25, 0.3) is 11.6 Å². The molecule has 0 aliphatic rings. The van der Waals surface area contributed by atoms with Crippen LogP contribution in [0.5, 0.6) is 0 Å². The molecule has 0 radical (unpaired) electrons. The zero-order valence-corrected chi connectivity index (χ0v) is 16.3. The van der Waals surface area contributed by atoms with E-state index in [1.807, 2.05) is 24.3 Å². The van der Waals surface area contributed by atoms with Crippen LogP contribution in [0, 0.1) is 10.1 Å². The molecule has 3 rings (SSSR count). The number of nitrogens with zero attached hydrogens (tertiary/aromatic N) is 2. The number of anilines is 1. The van der Waals surface area contributed by atoms with Crippen LogP contribution in [-0.2, 0) is 16.0 Å². The summed E-state index contributed by atoms with van der Waals surface area (Å²) in [5.74, 6) is -1.27. The van der Waals surface area contributed by atoms with Crippen molar-refractivity contribution in [2.24, 2.45) is 0 Å². The zero-order valence-electron chi connectivity index (χ0n) is 15.5. The lowest BCUT2D eigenvalue weighted by atomic mass is 10.1. The van der Waals surface area contributed by atoms with Crippen LogP contribution in [0.3, 0.4) is 0 Å². The van der Waals surface area contributed by atoms with E-state index in [0.717, 1.165) is 21.3 Å². The van der Waals surface area contributed by atoms with Gasteiger partial charge in [0.2, 0.25) is 0 Å². The highest BCUT2D eigenvalue weighted by Gasteiger charge is 2.18. The minimum absolute atomic E-state index is 0.00187. The third kappa shape index (κ3) is 5.05. The van der Waals surface area contributed by atoms with Crippen LogP contribution in [-0.4, -0.2) is 42.0 Å². The van der Waals surface area contributed by atoms with Gasteiger partial charge in [0, 0.05) is 26.1 Å². The van der Waals surface area contributed by atoms with E-state index in [4.69, 9.17) is 4.74 Å². The highest BCUT2D eigenvalue weighted by molar-refractivity contribution is 7.18. The fraction of sp³-hybridized carbons (Fsp3) is 0.211. The number of thiazole rings is 1. The average Bonchev–Trinajstić information content (AvgIpc) is 3.14. The standard InChI is InChI=1S/C19H18N4O5S/c1-20-13-7-6-12(10-15(13)23(26)27)19(25)28-11-17(24)21-9-8-18-22-14-4-2-3-5-16(14)29-18/h2-7,10,20H,8-9,11H2,1H3,(H,21,24). The maximum atomic E-state index is 12.1. The molecule has 0 aliphatic heterocycles. The van der Waals surface area contributed by atoms with Gasteiger partial charge >= 0.3 is 5.97 Å². The highest BCUT2D eigenvalue weighted by Crippen LogP contribution is 2.25.